The molecular weight excluding hydrogens is 348 g/mol. The number of pyridine rings is 1. The van der Waals surface area contributed by atoms with Gasteiger partial charge in [0.2, 0.25) is 10.0 Å². The topological polar surface area (TPSA) is 68.3 Å². The first-order valence-electron chi connectivity index (χ1n) is 8.04. The third-order valence-electron chi connectivity index (χ3n) is 3.70. The van der Waals surface area contributed by atoms with E-state index in [2.05, 4.69) is 21.5 Å². The molecule has 0 aliphatic carbocycles. The van der Waals surface area contributed by atoms with E-state index in [0.717, 1.165) is 16.5 Å². The fraction of sp³-hybridized carbons (Fsp3) is 0.150. The van der Waals surface area contributed by atoms with E-state index in [0.29, 0.717) is 5.75 Å². The van der Waals surface area contributed by atoms with Crippen LogP contribution < -0.4 is 9.46 Å². The van der Waals surface area contributed by atoms with Gasteiger partial charge in [0.25, 0.3) is 0 Å². The van der Waals surface area contributed by atoms with Crippen LogP contribution >= 0.6 is 0 Å². The van der Waals surface area contributed by atoms with Gasteiger partial charge in [0.05, 0.1) is 17.6 Å². The molecule has 3 rings (SSSR count). The molecule has 0 aliphatic rings. The number of rotatable bonds is 5. The molecule has 1 heterocycles. The highest BCUT2D eigenvalue weighted by Crippen LogP contribution is 2.18. The van der Waals surface area contributed by atoms with E-state index in [1.165, 1.54) is 0 Å². The second-order valence-corrected chi connectivity index (χ2v) is 7.38. The molecule has 132 valence electrons. The number of ether oxygens (including phenoxy) is 1. The van der Waals surface area contributed by atoms with Crippen molar-refractivity contribution in [1.29, 1.82) is 0 Å². The minimum atomic E-state index is -3.60. The number of nitrogens with zero attached hydrogens (tertiary/aromatic N) is 1. The number of nitrogens with one attached hydrogen (secondary N) is 1. The zero-order valence-electron chi connectivity index (χ0n) is 14.3. The second kappa shape index (κ2) is 8.00. The van der Waals surface area contributed by atoms with Crippen LogP contribution in [-0.4, -0.2) is 26.6 Å². The molecule has 1 aromatic heterocycles. The maximum Gasteiger partial charge on any atom is 0.241 e. The summed E-state index contributed by atoms with van der Waals surface area (Å²) in [6.45, 7) is 2.08. The summed E-state index contributed by atoms with van der Waals surface area (Å²) in [5, 5.41) is 1.87. The van der Waals surface area contributed by atoms with Crippen LogP contribution in [0.4, 0.5) is 0 Å². The monoisotopic (exact) mass is 366 g/mol. The molecule has 0 amide bonds. The molecule has 0 bridgehead atoms. The standard InChI is InChI=1S/C20H18N2O3S/c1-16-8-10-19(15-21-16)25-13-5-4-12-22-26(23,24)20-11-9-17-6-2-3-7-18(17)14-20/h2-3,6-11,14-15,22H,12-13H2,1H3. The van der Waals surface area contributed by atoms with E-state index < -0.39 is 10.0 Å². The number of hydrogen-bond donors (Lipinski definition) is 1. The molecular formula is C20H18N2O3S. The van der Waals surface area contributed by atoms with Gasteiger partial charge in [0, 0.05) is 5.69 Å². The predicted molar refractivity (Wildman–Crippen MR) is 101 cm³/mol. The van der Waals surface area contributed by atoms with Gasteiger partial charge in [-0.1, -0.05) is 42.2 Å². The molecule has 2 aromatic carbocycles. The fourth-order valence-electron chi connectivity index (χ4n) is 2.32. The van der Waals surface area contributed by atoms with Gasteiger partial charge in [-0.2, -0.15) is 4.72 Å². The molecule has 0 radical (unpaired) electrons. The molecule has 0 unspecified atom stereocenters. The van der Waals surface area contributed by atoms with Crippen LogP contribution in [0, 0.1) is 18.8 Å². The van der Waals surface area contributed by atoms with Crippen LogP contribution in [0.1, 0.15) is 5.69 Å². The Balaban J connectivity index is 1.55. The van der Waals surface area contributed by atoms with Gasteiger partial charge in [-0.25, -0.2) is 8.42 Å². The third kappa shape index (κ3) is 4.60. The summed E-state index contributed by atoms with van der Waals surface area (Å²) in [5.41, 5.74) is 0.909. The normalized spacial score (nSPS) is 11.0. The quantitative estimate of drug-likeness (QED) is 0.705. The van der Waals surface area contributed by atoms with Gasteiger partial charge < -0.3 is 4.74 Å². The smallest absolute Gasteiger partial charge is 0.241 e. The molecule has 5 nitrogen and oxygen atoms in total. The second-order valence-electron chi connectivity index (χ2n) is 5.61. The summed E-state index contributed by atoms with van der Waals surface area (Å²) in [4.78, 5) is 4.34. The first-order chi connectivity index (χ1) is 12.5. The number of benzene rings is 2. The summed E-state index contributed by atoms with van der Waals surface area (Å²) in [5.74, 6) is 6.15. The first-order valence-corrected chi connectivity index (χ1v) is 9.52. The minimum Gasteiger partial charge on any atom is -0.479 e. The number of aryl methyl sites for hydroxylation is 1. The average Bonchev–Trinajstić information content (AvgIpc) is 2.65. The Morgan fingerprint density at radius 2 is 1.85 bits per heavy atom. The molecule has 0 saturated heterocycles. The zero-order chi connectivity index (χ0) is 18.4. The van der Waals surface area contributed by atoms with Crippen molar-refractivity contribution in [3.05, 3.63) is 66.5 Å². The molecule has 0 fully saturated rings. The molecule has 0 aliphatic heterocycles. The molecule has 0 atom stereocenters. The molecule has 0 saturated carbocycles. The van der Waals surface area contributed by atoms with Gasteiger partial charge in [0.15, 0.2) is 0 Å². The Morgan fingerprint density at radius 3 is 2.62 bits per heavy atom. The van der Waals surface area contributed by atoms with E-state index in [4.69, 9.17) is 4.74 Å². The van der Waals surface area contributed by atoms with Crippen LogP contribution in [0.15, 0.2) is 65.7 Å². The van der Waals surface area contributed by atoms with Gasteiger partial charge >= 0.3 is 0 Å². The highest BCUT2D eigenvalue weighted by Gasteiger charge is 2.12. The first kappa shape index (κ1) is 17.9. The summed E-state index contributed by atoms with van der Waals surface area (Å²) >= 11 is 0. The van der Waals surface area contributed by atoms with E-state index in [9.17, 15) is 8.42 Å². The Morgan fingerprint density at radius 1 is 1.04 bits per heavy atom. The fourth-order valence-corrected chi connectivity index (χ4v) is 3.28. The summed E-state index contributed by atoms with van der Waals surface area (Å²) in [7, 11) is -3.60. The lowest BCUT2D eigenvalue weighted by atomic mass is 10.1. The SMILES string of the molecule is Cc1ccc(OCC#CCNS(=O)(=O)c2ccc3ccccc3c2)cn1. The maximum absolute atomic E-state index is 12.3. The summed E-state index contributed by atoms with van der Waals surface area (Å²) in [6.07, 6.45) is 1.62. The van der Waals surface area contributed by atoms with E-state index in [1.54, 1.807) is 24.4 Å². The van der Waals surface area contributed by atoms with Gasteiger partial charge in [-0.15, -0.1) is 0 Å². The Kier molecular flexibility index (Phi) is 5.52. The number of sulfonamides is 1. The molecule has 6 heteroatoms. The lowest BCUT2D eigenvalue weighted by Crippen LogP contribution is -2.24. The molecule has 0 spiro atoms. The number of aromatic nitrogens is 1. The highest BCUT2D eigenvalue weighted by atomic mass is 32.2. The van der Waals surface area contributed by atoms with Gasteiger partial charge in [-0.3, -0.25) is 4.98 Å². The average molecular weight is 366 g/mol. The van der Waals surface area contributed by atoms with Crippen LogP contribution in [0.3, 0.4) is 0 Å². The molecule has 3 aromatic rings. The van der Waals surface area contributed by atoms with Crippen molar-refractivity contribution >= 4 is 20.8 Å². The van der Waals surface area contributed by atoms with E-state index in [1.807, 2.05) is 43.3 Å². The van der Waals surface area contributed by atoms with Crippen LogP contribution in [-0.2, 0) is 10.0 Å². The largest absolute Gasteiger partial charge is 0.479 e. The Bertz CT molecular complexity index is 1070. The van der Waals surface area contributed by atoms with Gasteiger partial charge in [0.1, 0.15) is 12.4 Å². The van der Waals surface area contributed by atoms with E-state index >= 15 is 0 Å². The molecule has 26 heavy (non-hydrogen) atoms. The van der Waals surface area contributed by atoms with Gasteiger partial charge in [-0.05, 0) is 42.0 Å². The third-order valence-corrected chi connectivity index (χ3v) is 5.10. The minimum absolute atomic E-state index is 0.0185. The lowest BCUT2D eigenvalue weighted by molar-refractivity contribution is 0.368. The van der Waals surface area contributed by atoms with Crippen molar-refractivity contribution in [2.45, 2.75) is 11.8 Å². The van der Waals surface area contributed by atoms with Crippen molar-refractivity contribution in [2.24, 2.45) is 0 Å². The Labute approximate surface area is 153 Å². The number of fused-ring (bicyclic) bond motifs is 1. The van der Waals surface area contributed by atoms with Crippen molar-refractivity contribution in [2.75, 3.05) is 13.2 Å². The zero-order valence-corrected chi connectivity index (χ0v) is 15.1. The van der Waals surface area contributed by atoms with Crippen molar-refractivity contribution in [1.82, 2.24) is 9.71 Å². The van der Waals surface area contributed by atoms with Crippen molar-refractivity contribution < 1.29 is 13.2 Å². The number of hydrogen-bond acceptors (Lipinski definition) is 4. The van der Waals surface area contributed by atoms with Crippen molar-refractivity contribution in [3.63, 3.8) is 0 Å². The summed E-state index contributed by atoms with van der Waals surface area (Å²) in [6, 6.07) is 16.3. The van der Waals surface area contributed by atoms with Crippen LogP contribution in [0.2, 0.25) is 0 Å². The van der Waals surface area contributed by atoms with Crippen LogP contribution in [0.25, 0.3) is 10.8 Å². The summed E-state index contributed by atoms with van der Waals surface area (Å²) < 4.78 is 32.6. The van der Waals surface area contributed by atoms with Crippen LogP contribution in [0.5, 0.6) is 5.75 Å². The van der Waals surface area contributed by atoms with Crippen molar-refractivity contribution in [3.8, 4) is 17.6 Å². The lowest BCUT2D eigenvalue weighted by Gasteiger charge is -2.05. The highest BCUT2D eigenvalue weighted by molar-refractivity contribution is 7.89. The molecule has 1 N–H and O–H groups in total. The maximum atomic E-state index is 12.3. The predicted octanol–water partition coefficient (Wildman–Crippen LogP) is 2.90. The van der Waals surface area contributed by atoms with E-state index in [-0.39, 0.29) is 18.0 Å². The Hall–Kier alpha value is -2.88.